The molecule has 0 radical (unpaired) electrons. The summed E-state index contributed by atoms with van der Waals surface area (Å²) in [6.07, 6.45) is -1.66. The number of halogens is 1. The van der Waals surface area contributed by atoms with Crippen LogP contribution in [0.2, 0.25) is 43.8 Å². The molecule has 0 bridgehead atoms. The van der Waals surface area contributed by atoms with Crippen molar-refractivity contribution >= 4 is 46.8 Å². The van der Waals surface area contributed by atoms with Crippen LogP contribution >= 0.6 is 12.4 Å². The highest BCUT2D eigenvalue weighted by atomic mass is 35.5. The van der Waals surface area contributed by atoms with Gasteiger partial charge in [-0.25, -0.2) is 9.59 Å². The van der Waals surface area contributed by atoms with Gasteiger partial charge in [0.2, 0.25) is 0 Å². The number of nitrogens with one attached hydrogen (secondary N) is 1. The third kappa shape index (κ3) is 15.9. The number of amides is 1. The predicted octanol–water partition coefficient (Wildman–Crippen LogP) is 11.2. The Kier molecular flexibility index (Phi) is 19.6. The van der Waals surface area contributed by atoms with E-state index in [1.54, 1.807) is 0 Å². The maximum atomic E-state index is 13.9. The quantitative estimate of drug-likeness (QED) is 0.0414. The fraction of sp³-hybridized carbons (Fsp3) is 0.365. The molecule has 354 valence electrons. The second-order valence-electron chi connectivity index (χ2n) is 18.9. The summed E-state index contributed by atoms with van der Waals surface area (Å²) in [5.41, 5.74) is 12.2. The summed E-state index contributed by atoms with van der Waals surface area (Å²) in [5, 5.41) is 2.58. The molecule has 0 saturated carbocycles. The Balaban J connectivity index is 0.00000952. The van der Waals surface area contributed by atoms with Gasteiger partial charge in [-0.3, -0.25) is 4.79 Å². The molecule has 3 N–H and O–H groups in total. The number of esters is 2. The number of hydrogen-bond donors (Lipinski definition) is 2. The van der Waals surface area contributed by atoms with Gasteiger partial charge in [-0.15, -0.1) is 12.4 Å². The van der Waals surface area contributed by atoms with Crippen molar-refractivity contribution in [2.24, 2.45) is 5.73 Å². The lowest BCUT2D eigenvalue weighted by Gasteiger charge is -2.40. The average molecular weight is 956 g/mol. The molecule has 0 heterocycles. The maximum Gasteiger partial charge on any atom is 0.408 e. The molecular formula is C52H67ClN2O9Si2. The molecule has 1 amide bonds. The van der Waals surface area contributed by atoms with Crippen LogP contribution in [0.1, 0.15) is 54.7 Å². The summed E-state index contributed by atoms with van der Waals surface area (Å²) >= 11 is 0. The summed E-state index contributed by atoms with van der Waals surface area (Å²) in [4.78, 5) is 40.6. The largest absolute Gasteiger partial charge is 0.489 e. The van der Waals surface area contributed by atoms with Gasteiger partial charge in [-0.2, -0.15) is 0 Å². The molecule has 0 unspecified atom stereocenters. The standard InChI is InChI=1S/C52H66N2O9Si2.ClH/c1-52(2,3)65(8,9)63-48(47(53)50(56)58-4)43-32-41(26-28-46(43)61-35-38-21-15-11-16-22-38)40-25-27-45(60-34-37-19-13-10-14-20-37)42(31-40)33-44(49(55)59-29-30-64(5,6)7)54-51(57)62-36-39-23-17-12-18-24-39;/h10-28,31-32,44,47-48H,29-30,33-36,53H2,1-9H3,(H,54,57);1H/t44-,47-,48+;/m0./s1. The molecule has 0 aliphatic heterocycles. The number of hydrogen-bond acceptors (Lipinski definition) is 10. The average Bonchev–Trinajstić information content (AvgIpc) is 3.28. The normalized spacial score (nSPS) is 13.0. The van der Waals surface area contributed by atoms with Crippen molar-refractivity contribution < 1.29 is 42.5 Å². The van der Waals surface area contributed by atoms with Crippen molar-refractivity contribution in [2.75, 3.05) is 13.7 Å². The van der Waals surface area contributed by atoms with Gasteiger partial charge >= 0.3 is 18.0 Å². The molecule has 5 rings (SSSR count). The van der Waals surface area contributed by atoms with Gasteiger partial charge in [0.05, 0.1) is 19.8 Å². The van der Waals surface area contributed by atoms with Crippen LogP contribution in [0.25, 0.3) is 11.1 Å². The maximum absolute atomic E-state index is 13.9. The van der Waals surface area contributed by atoms with Crippen molar-refractivity contribution in [3.05, 3.63) is 155 Å². The van der Waals surface area contributed by atoms with Crippen molar-refractivity contribution in [3.8, 4) is 22.6 Å². The Hall–Kier alpha value is -5.45. The van der Waals surface area contributed by atoms with E-state index >= 15 is 0 Å². The van der Waals surface area contributed by atoms with Crippen molar-refractivity contribution in [1.82, 2.24) is 5.32 Å². The smallest absolute Gasteiger partial charge is 0.408 e. The first-order valence-corrected chi connectivity index (χ1v) is 28.7. The molecule has 0 spiro atoms. The lowest BCUT2D eigenvalue weighted by Crippen LogP contribution is -2.48. The Morgan fingerprint density at radius 2 is 1.15 bits per heavy atom. The summed E-state index contributed by atoms with van der Waals surface area (Å²) in [6, 6.07) is 38.8. The van der Waals surface area contributed by atoms with E-state index in [0.29, 0.717) is 22.6 Å². The molecule has 5 aromatic carbocycles. The second kappa shape index (κ2) is 24.4. The lowest BCUT2D eigenvalue weighted by molar-refractivity contribution is -0.146. The van der Waals surface area contributed by atoms with Gasteiger partial charge in [0, 0.05) is 20.1 Å². The van der Waals surface area contributed by atoms with Gasteiger partial charge in [-0.05, 0) is 81.8 Å². The Morgan fingerprint density at radius 3 is 1.67 bits per heavy atom. The van der Waals surface area contributed by atoms with Gasteiger partial charge < -0.3 is 39.2 Å². The summed E-state index contributed by atoms with van der Waals surface area (Å²) in [6.45, 7) is 18.0. The Bertz CT molecular complexity index is 2320. The van der Waals surface area contributed by atoms with E-state index in [1.165, 1.54) is 7.11 Å². The van der Waals surface area contributed by atoms with E-state index in [-0.39, 0.29) is 50.3 Å². The zero-order valence-electron chi connectivity index (χ0n) is 39.8. The first-order valence-electron chi connectivity index (χ1n) is 22.1. The van der Waals surface area contributed by atoms with Crippen molar-refractivity contribution in [1.29, 1.82) is 0 Å². The van der Waals surface area contributed by atoms with E-state index < -0.39 is 52.6 Å². The van der Waals surface area contributed by atoms with Gasteiger partial charge in [0.25, 0.3) is 0 Å². The fourth-order valence-electron chi connectivity index (χ4n) is 6.57. The minimum atomic E-state index is -2.57. The lowest BCUT2D eigenvalue weighted by atomic mass is 9.94. The highest BCUT2D eigenvalue weighted by Gasteiger charge is 2.43. The molecule has 11 nitrogen and oxygen atoms in total. The van der Waals surface area contributed by atoms with E-state index in [9.17, 15) is 14.4 Å². The zero-order valence-corrected chi connectivity index (χ0v) is 42.6. The van der Waals surface area contributed by atoms with E-state index in [0.717, 1.165) is 33.9 Å². The van der Waals surface area contributed by atoms with Crippen LogP contribution in [-0.2, 0) is 54.5 Å². The first-order chi connectivity index (χ1) is 30.8. The van der Waals surface area contributed by atoms with Gasteiger partial charge in [0.15, 0.2) is 8.32 Å². The minimum Gasteiger partial charge on any atom is -0.489 e. The topological polar surface area (TPSA) is 145 Å². The monoisotopic (exact) mass is 954 g/mol. The third-order valence-corrected chi connectivity index (χ3v) is 17.7. The van der Waals surface area contributed by atoms with Crippen LogP contribution < -0.4 is 20.5 Å². The van der Waals surface area contributed by atoms with Crippen LogP contribution in [0.3, 0.4) is 0 Å². The van der Waals surface area contributed by atoms with Crippen LogP contribution in [0.15, 0.2) is 127 Å². The number of benzene rings is 5. The Labute approximate surface area is 399 Å². The van der Waals surface area contributed by atoms with E-state index in [4.69, 9.17) is 33.8 Å². The van der Waals surface area contributed by atoms with Crippen LogP contribution in [-0.4, -0.2) is 60.2 Å². The second-order valence-corrected chi connectivity index (χ2v) is 29.3. The van der Waals surface area contributed by atoms with Crippen LogP contribution in [0.4, 0.5) is 4.79 Å². The number of nitrogens with two attached hydrogens (primary N) is 1. The van der Waals surface area contributed by atoms with Gasteiger partial charge in [-0.1, -0.05) is 144 Å². The van der Waals surface area contributed by atoms with Crippen LogP contribution in [0.5, 0.6) is 11.5 Å². The molecular weight excluding hydrogens is 888 g/mol. The highest BCUT2D eigenvalue weighted by Crippen LogP contribution is 2.43. The minimum absolute atomic E-state index is 0. The highest BCUT2D eigenvalue weighted by molar-refractivity contribution is 6.76. The molecule has 66 heavy (non-hydrogen) atoms. The summed E-state index contributed by atoms with van der Waals surface area (Å²) in [7, 11) is -2.81. The fourth-order valence-corrected chi connectivity index (χ4v) is 8.55. The SMILES string of the molecule is COC(=O)[C@@H](N)[C@H](O[Si](C)(C)C(C)(C)C)c1cc(-c2ccc(OCc3ccccc3)c(C[C@H](NC(=O)OCc3ccccc3)C(=O)OCC[Si](C)(C)C)c2)ccc1OCc1ccccc1.Cl. The summed E-state index contributed by atoms with van der Waals surface area (Å²) < 4.78 is 36.6. The molecule has 0 aliphatic carbocycles. The molecule has 5 aromatic rings. The van der Waals surface area contributed by atoms with Crippen molar-refractivity contribution in [2.45, 2.75) is 109 Å². The zero-order chi connectivity index (χ0) is 47.2. The predicted molar refractivity (Wildman–Crippen MR) is 268 cm³/mol. The molecule has 3 atom stereocenters. The molecule has 0 aromatic heterocycles. The number of alkyl carbamates (subject to hydrolysis) is 1. The number of ether oxygens (including phenoxy) is 5. The first kappa shape index (κ1) is 53.2. The molecule has 0 fully saturated rings. The van der Waals surface area contributed by atoms with Crippen LogP contribution in [0, 0.1) is 0 Å². The number of methoxy groups -OCH3 is 1. The Morgan fingerprint density at radius 1 is 0.652 bits per heavy atom. The molecule has 0 aliphatic rings. The van der Waals surface area contributed by atoms with E-state index in [1.807, 2.05) is 127 Å². The number of rotatable bonds is 21. The third-order valence-electron chi connectivity index (χ3n) is 11.5. The van der Waals surface area contributed by atoms with E-state index in [2.05, 4.69) is 58.8 Å². The molecule has 0 saturated heterocycles. The summed E-state index contributed by atoms with van der Waals surface area (Å²) in [5.74, 6) is -0.174. The number of carbonyl (C=O) groups is 3. The van der Waals surface area contributed by atoms with Gasteiger partial charge in [0.1, 0.15) is 43.4 Å². The van der Waals surface area contributed by atoms with Crippen molar-refractivity contribution in [3.63, 3.8) is 0 Å². The number of carbonyl (C=O) groups excluding carboxylic acids is 3. The molecule has 14 heteroatoms.